The van der Waals surface area contributed by atoms with E-state index in [-0.39, 0.29) is 26.4 Å². The summed E-state index contributed by atoms with van der Waals surface area (Å²) >= 11 is 17.5. The first-order valence-electron chi connectivity index (χ1n) is 6.49. The van der Waals surface area contributed by atoms with Gasteiger partial charge in [0.05, 0.1) is 15.1 Å². The Morgan fingerprint density at radius 1 is 0.958 bits per heavy atom. The molecular formula is C15H10Cl3FN2O3. The number of ether oxygens (including phenoxy) is 1. The fourth-order valence-corrected chi connectivity index (χ4v) is 2.19. The molecule has 0 radical (unpaired) electrons. The maximum atomic E-state index is 12.8. The van der Waals surface area contributed by atoms with E-state index in [2.05, 4.69) is 10.9 Å². The number of carbonyl (C=O) groups is 2. The number of carbonyl (C=O) groups excluding carboxylic acids is 2. The van der Waals surface area contributed by atoms with Crippen LogP contribution >= 0.6 is 34.8 Å². The van der Waals surface area contributed by atoms with Crippen LogP contribution in [0.5, 0.6) is 5.75 Å². The Hall–Kier alpha value is -2.02. The van der Waals surface area contributed by atoms with E-state index in [4.69, 9.17) is 39.5 Å². The van der Waals surface area contributed by atoms with Gasteiger partial charge in [-0.05, 0) is 30.3 Å². The second-order valence-electron chi connectivity index (χ2n) is 4.49. The highest BCUT2D eigenvalue weighted by Crippen LogP contribution is 2.33. The third-order valence-electron chi connectivity index (χ3n) is 2.76. The van der Waals surface area contributed by atoms with Gasteiger partial charge in [-0.15, -0.1) is 0 Å². The smallest absolute Gasteiger partial charge is 0.276 e. The lowest BCUT2D eigenvalue weighted by atomic mass is 10.2. The third kappa shape index (κ3) is 4.99. The fourth-order valence-electron chi connectivity index (χ4n) is 1.59. The van der Waals surface area contributed by atoms with Crippen LogP contribution in [0.2, 0.25) is 15.1 Å². The Bertz CT molecular complexity index is 769. The van der Waals surface area contributed by atoms with Crippen LogP contribution in [0, 0.1) is 5.82 Å². The van der Waals surface area contributed by atoms with E-state index < -0.39 is 24.2 Å². The topological polar surface area (TPSA) is 67.4 Å². The predicted molar refractivity (Wildman–Crippen MR) is 89.0 cm³/mol. The lowest BCUT2D eigenvalue weighted by molar-refractivity contribution is -0.123. The van der Waals surface area contributed by atoms with Crippen LogP contribution in [0.15, 0.2) is 36.4 Å². The standard InChI is InChI=1S/C15H10Cl3FN2O3/c16-10-5-12(18)13(6-11(10)17)24-7-14(22)20-21-15(23)8-1-3-9(19)4-2-8/h1-6H,7H2,(H,20,22)(H,21,23). The molecule has 0 saturated heterocycles. The Kier molecular flexibility index (Phi) is 6.25. The number of benzene rings is 2. The van der Waals surface area contributed by atoms with Crippen LogP contribution < -0.4 is 15.6 Å². The Morgan fingerprint density at radius 2 is 1.58 bits per heavy atom. The van der Waals surface area contributed by atoms with Crippen molar-refractivity contribution in [2.45, 2.75) is 0 Å². The molecule has 2 amide bonds. The molecule has 0 saturated carbocycles. The van der Waals surface area contributed by atoms with Gasteiger partial charge >= 0.3 is 0 Å². The number of nitrogens with one attached hydrogen (secondary N) is 2. The number of hydrogen-bond acceptors (Lipinski definition) is 3. The lowest BCUT2D eigenvalue weighted by Crippen LogP contribution is -2.43. The van der Waals surface area contributed by atoms with Crippen LogP contribution in [-0.4, -0.2) is 18.4 Å². The van der Waals surface area contributed by atoms with Crippen LogP contribution in [0.25, 0.3) is 0 Å². The summed E-state index contributed by atoms with van der Waals surface area (Å²) in [5.74, 6) is -1.53. The summed E-state index contributed by atoms with van der Waals surface area (Å²) in [5.41, 5.74) is 4.51. The van der Waals surface area contributed by atoms with E-state index in [1.807, 2.05) is 0 Å². The zero-order chi connectivity index (χ0) is 17.7. The fraction of sp³-hybridized carbons (Fsp3) is 0.0667. The van der Waals surface area contributed by atoms with Crippen molar-refractivity contribution in [3.05, 3.63) is 62.8 Å². The Balaban J connectivity index is 1.84. The highest BCUT2D eigenvalue weighted by molar-refractivity contribution is 6.43. The van der Waals surface area contributed by atoms with Crippen LogP contribution in [-0.2, 0) is 4.79 Å². The maximum Gasteiger partial charge on any atom is 0.276 e. The molecule has 5 nitrogen and oxygen atoms in total. The summed E-state index contributed by atoms with van der Waals surface area (Å²) in [6.45, 7) is -0.415. The lowest BCUT2D eigenvalue weighted by Gasteiger charge is -2.10. The molecular weight excluding hydrogens is 382 g/mol. The number of hydrogen-bond donors (Lipinski definition) is 2. The highest BCUT2D eigenvalue weighted by Gasteiger charge is 2.11. The summed E-state index contributed by atoms with van der Waals surface area (Å²) in [5, 5.41) is 0.665. The van der Waals surface area contributed by atoms with Crippen molar-refractivity contribution in [1.29, 1.82) is 0 Å². The minimum absolute atomic E-state index is 0.172. The van der Waals surface area contributed by atoms with Crippen molar-refractivity contribution < 1.29 is 18.7 Å². The molecule has 0 aliphatic heterocycles. The number of hydrazine groups is 1. The maximum absolute atomic E-state index is 12.8. The first kappa shape index (κ1) is 18.3. The molecule has 2 rings (SSSR count). The molecule has 2 aromatic rings. The van der Waals surface area contributed by atoms with Crippen molar-refractivity contribution in [3.8, 4) is 5.75 Å². The van der Waals surface area contributed by atoms with Gasteiger partial charge in [0.25, 0.3) is 11.8 Å². The van der Waals surface area contributed by atoms with E-state index in [1.54, 1.807) is 0 Å². The van der Waals surface area contributed by atoms with Gasteiger partial charge in [0.15, 0.2) is 6.61 Å². The van der Waals surface area contributed by atoms with Crippen molar-refractivity contribution in [2.24, 2.45) is 0 Å². The zero-order valence-corrected chi connectivity index (χ0v) is 14.2. The number of halogens is 4. The monoisotopic (exact) mass is 390 g/mol. The van der Waals surface area contributed by atoms with Crippen molar-refractivity contribution >= 4 is 46.6 Å². The van der Waals surface area contributed by atoms with Crippen molar-refractivity contribution in [1.82, 2.24) is 10.9 Å². The normalized spacial score (nSPS) is 10.2. The second kappa shape index (κ2) is 8.19. The Labute approximate surface area is 151 Å². The molecule has 2 N–H and O–H groups in total. The average molecular weight is 392 g/mol. The minimum Gasteiger partial charge on any atom is -0.482 e. The zero-order valence-electron chi connectivity index (χ0n) is 11.9. The molecule has 0 spiro atoms. The summed E-state index contributed by atoms with van der Waals surface area (Å²) in [4.78, 5) is 23.4. The van der Waals surface area contributed by atoms with Gasteiger partial charge in [-0.3, -0.25) is 20.4 Å². The molecule has 0 aliphatic rings. The highest BCUT2D eigenvalue weighted by atomic mass is 35.5. The molecule has 0 unspecified atom stereocenters. The molecule has 9 heteroatoms. The summed E-state index contributed by atoms with van der Waals surface area (Å²) < 4.78 is 18.0. The number of amides is 2. The molecule has 0 aliphatic carbocycles. The summed E-state index contributed by atoms with van der Waals surface area (Å²) in [6, 6.07) is 7.58. The van der Waals surface area contributed by atoms with Gasteiger partial charge in [0.1, 0.15) is 11.6 Å². The predicted octanol–water partition coefficient (Wildman–Crippen LogP) is 3.63. The molecule has 0 fully saturated rings. The largest absolute Gasteiger partial charge is 0.482 e. The van der Waals surface area contributed by atoms with Crippen LogP contribution in [0.1, 0.15) is 10.4 Å². The van der Waals surface area contributed by atoms with Gasteiger partial charge in [-0.25, -0.2) is 4.39 Å². The van der Waals surface area contributed by atoms with Gasteiger partial charge < -0.3 is 4.74 Å². The van der Waals surface area contributed by atoms with E-state index in [0.29, 0.717) is 0 Å². The molecule has 0 bridgehead atoms. The second-order valence-corrected chi connectivity index (χ2v) is 5.72. The molecule has 2 aromatic carbocycles. The van der Waals surface area contributed by atoms with E-state index >= 15 is 0 Å². The quantitative estimate of drug-likeness (QED) is 0.618. The molecule has 0 aromatic heterocycles. The van der Waals surface area contributed by atoms with E-state index in [0.717, 1.165) is 12.1 Å². The van der Waals surface area contributed by atoms with Crippen LogP contribution in [0.3, 0.4) is 0 Å². The van der Waals surface area contributed by atoms with E-state index in [1.165, 1.54) is 24.3 Å². The van der Waals surface area contributed by atoms with Crippen molar-refractivity contribution in [2.75, 3.05) is 6.61 Å². The molecule has 126 valence electrons. The van der Waals surface area contributed by atoms with Crippen LogP contribution in [0.4, 0.5) is 4.39 Å². The van der Waals surface area contributed by atoms with E-state index in [9.17, 15) is 14.0 Å². The number of rotatable bonds is 4. The SMILES string of the molecule is O=C(COc1cc(Cl)c(Cl)cc1Cl)NNC(=O)c1ccc(F)cc1. The minimum atomic E-state index is -0.632. The first-order chi connectivity index (χ1) is 11.4. The third-order valence-corrected chi connectivity index (χ3v) is 3.77. The molecule has 24 heavy (non-hydrogen) atoms. The molecule has 0 atom stereocenters. The van der Waals surface area contributed by atoms with Gasteiger partial charge in [-0.1, -0.05) is 34.8 Å². The summed E-state index contributed by atoms with van der Waals surface area (Å²) in [7, 11) is 0. The Morgan fingerprint density at radius 3 is 2.25 bits per heavy atom. The van der Waals surface area contributed by atoms with Gasteiger partial charge in [0, 0.05) is 11.6 Å². The van der Waals surface area contributed by atoms with Gasteiger partial charge in [-0.2, -0.15) is 0 Å². The summed E-state index contributed by atoms with van der Waals surface area (Å²) in [6.07, 6.45) is 0. The molecule has 0 heterocycles. The van der Waals surface area contributed by atoms with Gasteiger partial charge in [0.2, 0.25) is 0 Å². The first-order valence-corrected chi connectivity index (χ1v) is 7.62. The average Bonchev–Trinajstić information content (AvgIpc) is 2.55. The van der Waals surface area contributed by atoms with Crippen molar-refractivity contribution in [3.63, 3.8) is 0 Å².